The van der Waals surface area contributed by atoms with Gasteiger partial charge in [-0.1, -0.05) is 32.9 Å². The summed E-state index contributed by atoms with van der Waals surface area (Å²) in [5.74, 6) is -0.260. The van der Waals surface area contributed by atoms with E-state index in [0.29, 0.717) is 25.2 Å². The van der Waals surface area contributed by atoms with E-state index in [4.69, 9.17) is 4.74 Å². The first kappa shape index (κ1) is 25.9. The second kappa shape index (κ2) is 8.46. The molecule has 7 heteroatoms. The Bertz CT molecular complexity index is 956. The molecule has 1 saturated heterocycles. The van der Waals surface area contributed by atoms with Gasteiger partial charge < -0.3 is 14.9 Å². The van der Waals surface area contributed by atoms with Gasteiger partial charge in [-0.25, -0.2) is 0 Å². The van der Waals surface area contributed by atoms with Crippen molar-refractivity contribution in [2.24, 2.45) is 28.6 Å². The molecule has 0 aromatic carbocycles. The standard InChI is InChI=1S/C26H34O6.K.H/c1-4-25(22(30)20(28)14-21(29)32-25)26(31)12-9-19-17-6-5-15-13-16(27)7-10-23(15,2)18(17)8-11-24(19,26)3;;/h5-6,13,17-20,28,31H,4,7-12,14H2,1-3H3;;/t17-,18+,19?,20?,23-,24-,25-,26-;;/m0../s1. The van der Waals surface area contributed by atoms with E-state index in [1.807, 2.05) is 13.0 Å². The second-order valence-electron chi connectivity index (χ2n) is 11.2. The van der Waals surface area contributed by atoms with Gasteiger partial charge in [0, 0.05) is 11.8 Å². The number of hydrogen-bond acceptors (Lipinski definition) is 6. The first-order valence-electron chi connectivity index (χ1n) is 12.1. The summed E-state index contributed by atoms with van der Waals surface area (Å²) in [6.07, 6.45) is 8.59. The number of carbonyl (C=O) groups excluding carboxylic acids is 3. The van der Waals surface area contributed by atoms with Crippen LogP contribution in [0.1, 0.15) is 72.1 Å². The van der Waals surface area contributed by atoms with Gasteiger partial charge in [-0.05, 0) is 73.3 Å². The summed E-state index contributed by atoms with van der Waals surface area (Å²) in [4.78, 5) is 37.6. The van der Waals surface area contributed by atoms with Crippen molar-refractivity contribution in [3.05, 3.63) is 23.8 Å². The number of cyclic esters (lactones) is 1. The SMILES string of the molecule is CC[C@]1([C@]2(O)CCC3[C@H]4C=CC5=CC(=O)CC[C@]5(C)[C@@H]4CC[C@@]32C)OC(=O)CC(O)C1=O.[KH]. The molecule has 5 rings (SSSR count). The van der Waals surface area contributed by atoms with Crippen molar-refractivity contribution >= 4 is 68.9 Å². The summed E-state index contributed by atoms with van der Waals surface area (Å²) in [7, 11) is 0. The summed E-state index contributed by atoms with van der Waals surface area (Å²) in [5.41, 5.74) is -2.78. The number of allylic oxidation sites excluding steroid dienone is 4. The Kier molecular flexibility index (Phi) is 6.65. The van der Waals surface area contributed by atoms with Gasteiger partial charge >= 0.3 is 57.4 Å². The number of ether oxygens (including phenoxy) is 1. The van der Waals surface area contributed by atoms with Crippen molar-refractivity contribution in [1.29, 1.82) is 0 Å². The number of rotatable bonds is 2. The summed E-state index contributed by atoms with van der Waals surface area (Å²) in [6, 6.07) is 0. The summed E-state index contributed by atoms with van der Waals surface area (Å²) >= 11 is 0. The molecule has 1 aliphatic heterocycles. The average molecular weight is 483 g/mol. The fourth-order valence-electron chi connectivity index (χ4n) is 8.31. The van der Waals surface area contributed by atoms with E-state index in [1.54, 1.807) is 6.92 Å². The third-order valence-corrected chi connectivity index (χ3v) is 10.2. The van der Waals surface area contributed by atoms with Crippen LogP contribution < -0.4 is 0 Å². The fourth-order valence-corrected chi connectivity index (χ4v) is 8.31. The molecule has 5 aliphatic rings. The Morgan fingerprint density at radius 3 is 2.48 bits per heavy atom. The molecule has 0 spiro atoms. The summed E-state index contributed by atoms with van der Waals surface area (Å²) in [5, 5.41) is 22.6. The van der Waals surface area contributed by atoms with Crippen molar-refractivity contribution in [3.8, 4) is 0 Å². The zero-order valence-electron chi connectivity index (χ0n) is 19.2. The van der Waals surface area contributed by atoms with E-state index in [0.717, 1.165) is 24.8 Å². The molecule has 2 saturated carbocycles. The topological polar surface area (TPSA) is 101 Å². The van der Waals surface area contributed by atoms with Crippen LogP contribution in [0.5, 0.6) is 0 Å². The van der Waals surface area contributed by atoms with E-state index < -0.39 is 34.5 Å². The third-order valence-electron chi connectivity index (χ3n) is 10.2. The van der Waals surface area contributed by atoms with Gasteiger partial charge in [-0.2, -0.15) is 0 Å². The molecule has 6 nitrogen and oxygen atoms in total. The van der Waals surface area contributed by atoms with Crippen LogP contribution in [0.4, 0.5) is 0 Å². The molecule has 0 aromatic rings. The van der Waals surface area contributed by atoms with E-state index >= 15 is 0 Å². The molecule has 2 unspecified atom stereocenters. The molecule has 3 fully saturated rings. The number of hydrogen-bond donors (Lipinski definition) is 2. The zero-order valence-corrected chi connectivity index (χ0v) is 19.2. The van der Waals surface area contributed by atoms with Crippen LogP contribution in [0.15, 0.2) is 23.8 Å². The molecule has 8 atom stereocenters. The van der Waals surface area contributed by atoms with E-state index in [2.05, 4.69) is 19.1 Å². The van der Waals surface area contributed by atoms with Crippen LogP contribution in [-0.4, -0.2) is 96.4 Å². The molecule has 0 bridgehead atoms. The molecule has 4 aliphatic carbocycles. The molecule has 33 heavy (non-hydrogen) atoms. The van der Waals surface area contributed by atoms with Crippen molar-refractivity contribution in [3.63, 3.8) is 0 Å². The first-order chi connectivity index (χ1) is 15.0. The zero-order chi connectivity index (χ0) is 23.1. The molecular weight excluding hydrogens is 447 g/mol. The number of aliphatic hydroxyl groups excluding tert-OH is 1. The Morgan fingerprint density at radius 1 is 1.09 bits per heavy atom. The Balaban J connectivity index is 0.00000259. The van der Waals surface area contributed by atoms with Crippen LogP contribution in [0.2, 0.25) is 0 Å². The minimum atomic E-state index is -1.71. The quantitative estimate of drug-likeness (QED) is 0.463. The maximum atomic E-state index is 13.2. The molecule has 176 valence electrons. The van der Waals surface area contributed by atoms with Crippen molar-refractivity contribution in [1.82, 2.24) is 0 Å². The Hall–Kier alpha value is -0.154. The van der Waals surface area contributed by atoms with Crippen molar-refractivity contribution in [2.45, 2.75) is 89.4 Å². The third kappa shape index (κ3) is 3.29. The normalized spacial score (nSPS) is 48.8. The van der Waals surface area contributed by atoms with Crippen LogP contribution in [-0.2, 0) is 19.1 Å². The predicted octanol–water partition coefficient (Wildman–Crippen LogP) is 2.40. The molecule has 0 amide bonds. The van der Waals surface area contributed by atoms with E-state index in [9.17, 15) is 24.6 Å². The van der Waals surface area contributed by atoms with Crippen LogP contribution in [0.25, 0.3) is 0 Å². The van der Waals surface area contributed by atoms with Gasteiger partial charge in [0.05, 0.1) is 6.42 Å². The molecule has 2 N–H and O–H groups in total. The fraction of sp³-hybridized carbons (Fsp3) is 0.731. The molecular formula is C26H35KO6. The average Bonchev–Trinajstić information content (AvgIpc) is 3.03. The van der Waals surface area contributed by atoms with Gasteiger partial charge in [0.15, 0.2) is 5.78 Å². The van der Waals surface area contributed by atoms with Gasteiger partial charge in [-0.3, -0.25) is 14.4 Å². The van der Waals surface area contributed by atoms with Gasteiger partial charge in [-0.15, -0.1) is 0 Å². The Labute approximate surface area is 238 Å². The van der Waals surface area contributed by atoms with Crippen molar-refractivity contribution < 1.29 is 29.3 Å². The number of carbonyl (C=O) groups is 3. The van der Waals surface area contributed by atoms with Crippen LogP contribution in [0, 0.1) is 28.6 Å². The monoisotopic (exact) mass is 482 g/mol. The van der Waals surface area contributed by atoms with Gasteiger partial charge in [0.25, 0.3) is 0 Å². The van der Waals surface area contributed by atoms with Crippen LogP contribution >= 0.6 is 0 Å². The summed E-state index contributed by atoms with van der Waals surface area (Å²) in [6.45, 7) is 6.07. The minimum absolute atomic E-state index is 0. The number of fused-ring (bicyclic) bond motifs is 5. The maximum absolute atomic E-state index is 13.2. The van der Waals surface area contributed by atoms with Crippen LogP contribution in [0.3, 0.4) is 0 Å². The van der Waals surface area contributed by atoms with E-state index in [1.165, 1.54) is 0 Å². The van der Waals surface area contributed by atoms with E-state index in [-0.39, 0.29) is 87.3 Å². The first-order valence-corrected chi connectivity index (χ1v) is 12.1. The molecule has 0 radical (unpaired) electrons. The number of ketones is 2. The molecule has 0 aromatic heterocycles. The van der Waals surface area contributed by atoms with Crippen molar-refractivity contribution in [2.75, 3.05) is 0 Å². The Morgan fingerprint density at radius 2 is 1.79 bits per heavy atom. The number of Topliss-reactive ketones (excluding diaryl/α,β-unsaturated/α-hetero) is 1. The number of aliphatic hydroxyl groups is 2. The summed E-state index contributed by atoms with van der Waals surface area (Å²) < 4.78 is 5.70. The second-order valence-corrected chi connectivity index (χ2v) is 11.2. The number of esters is 1. The van der Waals surface area contributed by atoms with Gasteiger partial charge in [0.1, 0.15) is 11.7 Å². The molecule has 1 heterocycles. The predicted molar refractivity (Wildman–Crippen MR) is 123 cm³/mol. The van der Waals surface area contributed by atoms with Gasteiger partial charge in [0.2, 0.25) is 11.4 Å².